The first-order chi connectivity index (χ1) is 10.0. The molecule has 0 radical (unpaired) electrons. The van der Waals surface area contributed by atoms with E-state index in [1.54, 1.807) is 6.20 Å². The summed E-state index contributed by atoms with van der Waals surface area (Å²) in [6.07, 6.45) is 4.56. The molecule has 1 aliphatic rings. The number of nitrogens with zero attached hydrogens (tertiary/aromatic N) is 2. The van der Waals surface area contributed by atoms with Gasteiger partial charge in [-0.2, -0.15) is 0 Å². The van der Waals surface area contributed by atoms with Crippen LogP contribution in [0.1, 0.15) is 25.1 Å². The van der Waals surface area contributed by atoms with E-state index in [4.69, 9.17) is 21.8 Å². The van der Waals surface area contributed by atoms with E-state index in [0.29, 0.717) is 22.7 Å². The lowest BCUT2D eigenvalue weighted by molar-refractivity contribution is 0.240. The number of halogens is 2. The Kier molecular flexibility index (Phi) is 2.61. The van der Waals surface area contributed by atoms with E-state index in [1.165, 1.54) is 12.1 Å². The number of aromatic amines is 1. The van der Waals surface area contributed by atoms with Crippen LogP contribution in [0.15, 0.2) is 22.7 Å². The quantitative estimate of drug-likeness (QED) is 0.761. The van der Waals surface area contributed by atoms with Gasteiger partial charge in [-0.25, -0.2) is 14.4 Å². The summed E-state index contributed by atoms with van der Waals surface area (Å²) in [5.41, 5.74) is 7.30. The minimum Gasteiger partial charge on any atom is -0.435 e. The molecule has 0 aliphatic heterocycles. The van der Waals surface area contributed by atoms with Gasteiger partial charge in [-0.05, 0) is 25.3 Å². The second kappa shape index (κ2) is 4.29. The minimum atomic E-state index is -0.535. The van der Waals surface area contributed by atoms with Gasteiger partial charge in [0.25, 0.3) is 0 Å². The Bertz CT molecular complexity index is 798. The first-order valence-corrected chi connectivity index (χ1v) is 7.03. The van der Waals surface area contributed by atoms with Crippen molar-refractivity contribution in [3.63, 3.8) is 0 Å². The maximum atomic E-state index is 13.4. The van der Waals surface area contributed by atoms with Gasteiger partial charge in [0, 0.05) is 6.07 Å². The molecule has 0 amide bonds. The first-order valence-electron chi connectivity index (χ1n) is 6.65. The number of aromatic nitrogens is 3. The highest BCUT2D eigenvalue weighted by Crippen LogP contribution is 2.37. The largest absolute Gasteiger partial charge is 0.435 e. The van der Waals surface area contributed by atoms with Crippen molar-refractivity contribution in [3.8, 4) is 11.6 Å². The first kappa shape index (κ1) is 12.8. The zero-order valence-electron chi connectivity index (χ0n) is 11.0. The standard InChI is InChI=1S/C14H12ClFN4O/c15-7-4-9-11(5-8(7)16)21-12(19-9)10-6-18-13(20-10)14(17)2-1-3-14/h4-6H,1-3,17H2,(H,18,20). The summed E-state index contributed by atoms with van der Waals surface area (Å²) >= 11 is 5.74. The molecule has 108 valence electrons. The molecule has 3 aromatic rings. The van der Waals surface area contributed by atoms with Gasteiger partial charge in [0.1, 0.15) is 22.9 Å². The lowest BCUT2D eigenvalue weighted by Crippen LogP contribution is -2.44. The van der Waals surface area contributed by atoms with Crippen molar-refractivity contribution in [1.82, 2.24) is 15.0 Å². The van der Waals surface area contributed by atoms with Crippen LogP contribution in [-0.2, 0) is 5.54 Å². The summed E-state index contributed by atoms with van der Waals surface area (Å²) in [6.45, 7) is 0. The van der Waals surface area contributed by atoms with E-state index >= 15 is 0 Å². The number of H-pyrrole nitrogens is 1. The van der Waals surface area contributed by atoms with E-state index < -0.39 is 5.82 Å². The van der Waals surface area contributed by atoms with E-state index in [2.05, 4.69) is 15.0 Å². The average molecular weight is 307 g/mol. The van der Waals surface area contributed by atoms with Crippen LogP contribution in [0.5, 0.6) is 0 Å². The normalized spacial score (nSPS) is 17.1. The SMILES string of the molecule is NC1(c2ncc(-c3nc4cc(Cl)c(F)cc4o3)[nH]2)CCC1. The van der Waals surface area contributed by atoms with Crippen molar-refractivity contribution in [2.75, 3.05) is 0 Å². The van der Waals surface area contributed by atoms with Crippen molar-refractivity contribution < 1.29 is 8.81 Å². The van der Waals surface area contributed by atoms with Crippen LogP contribution in [0.4, 0.5) is 4.39 Å². The molecule has 2 aromatic heterocycles. The third-order valence-electron chi connectivity index (χ3n) is 3.95. The zero-order chi connectivity index (χ0) is 14.6. The number of rotatable bonds is 2. The summed E-state index contributed by atoms with van der Waals surface area (Å²) in [5, 5.41) is 0.0167. The number of imidazole rings is 1. The third kappa shape index (κ3) is 1.94. The third-order valence-corrected chi connectivity index (χ3v) is 4.24. The van der Waals surface area contributed by atoms with Crippen LogP contribution in [0.2, 0.25) is 5.02 Å². The Morgan fingerprint density at radius 2 is 2.19 bits per heavy atom. The van der Waals surface area contributed by atoms with E-state index in [1.807, 2.05) is 0 Å². The smallest absolute Gasteiger partial charge is 0.245 e. The van der Waals surface area contributed by atoms with Crippen molar-refractivity contribution in [2.24, 2.45) is 5.73 Å². The molecule has 2 heterocycles. The molecule has 5 nitrogen and oxygen atoms in total. The van der Waals surface area contributed by atoms with Crippen LogP contribution in [0, 0.1) is 5.82 Å². The van der Waals surface area contributed by atoms with E-state index in [0.717, 1.165) is 25.1 Å². The molecule has 4 rings (SSSR count). The van der Waals surface area contributed by atoms with Gasteiger partial charge >= 0.3 is 0 Å². The Hall–Kier alpha value is -1.92. The number of oxazole rings is 1. The fraction of sp³-hybridized carbons (Fsp3) is 0.286. The number of benzene rings is 1. The number of hydrogen-bond acceptors (Lipinski definition) is 4. The molecule has 21 heavy (non-hydrogen) atoms. The minimum absolute atomic E-state index is 0.0167. The fourth-order valence-electron chi connectivity index (χ4n) is 2.52. The number of hydrogen-bond donors (Lipinski definition) is 2. The summed E-state index contributed by atoms with van der Waals surface area (Å²) < 4.78 is 19.0. The highest BCUT2D eigenvalue weighted by Gasteiger charge is 2.37. The molecule has 1 saturated carbocycles. The number of nitrogens with two attached hydrogens (primary N) is 1. The van der Waals surface area contributed by atoms with Crippen LogP contribution in [-0.4, -0.2) is 15.0 Å². The molecular weight excluding hydrogens is 295 g/mol. The van der Waals surface area contributed by atoms with Gasteiger partial charge in [-0.1, -0.05) is 11.6 Å². The zero-order valence-corrected chi connectivity index (χ0v) is 11.7. The molecular formula is C14H12ClFN4O. The Morgan fingerprint density at radius 3 is 2.90 bits per heavy atom. The predicted octanol–water partition coefficient (Wildman–Crippen LogP) is 3.35. The second-order valence-electron chi connectivity index (χ2n) is 5.41. The summed E-state index contributed by atoms with van der Waals surface area (Å²) in [6, 6.07) is 2.66. The maximum absolute atomic E-state index is 13.4. The van der Waals surface area contributed by atoms with Crippen LogP contribution in [0.3, 0.4) is 0 Å². The van der Waals surface area contributed by atoms with Gasteiger partial charge in [0.2, 0.25) is 5.89 Å². The number of nitrogens with one attached hydrogen (secondary N) is 1. The monoisotopic (exact) mass is 306 g/mol. The Labute approximate surface area is 124 Å². The molecule has 0 spiro atoms. The molecule has 1 fully saturated rings. The highest BCUT2D eigenvalue weighted by molar-refractivity contribution is 6.31. The van der Waals surface area contributed by atoms with Crippen LogP contribution < -0.4 is 5.73 Å². The predicted molar refractivity (Wildman–Crippen MR) is 76.3 cm³/mol. The van der Waals surface area contributed by atoms with E-state index in [-0.39, 0.29) is 10.6 Å². The molecule has 3 N–H and O–H groups in total. The second-order valence-corrected chi connectivity index (χ2v) is 5.82. The molecule has 0 unspecified atom stereocenters. The van der Waals surface area contributed by atoms with Gasteiger partial charge in [-0.15, -0.1) is 0 Å². The maximum Gasteiger partial charge on any atom is 0.245 e. The molecule has 0 bridgehead atoms. The number of fused-ring (bicyclic) bond motifs is 1. The van der Waals surface area contributed by atoms with Gasteiger partial charge in [0.05, 0.1) is 16.8 Å². The molecule has 7 heteroatoms. The lowest BCUT2D eigenvalue weighted by atomic mass is 9.77. The van der Waals surface area contributed by atoms with Crippen molar-refractivity contribution in [3.05, 3.63) is 35.0 Å². The molecule has 1 aromatic carbocycles. The van der Waals surface area contributed by atoms with E-state index in [9.17, 15) is 4.39 Å². The molecule has 0 atom stereocenters. The van der Waals surface area contributed by atoms with Crippen molar-refractivity contribution >= 4 is 22.7 Å². The van der Waals surface area contributed by atoms with Crippen LogP contribution >= 0.6 is 11.6 Å². The molecule has 0 saturated heterocycles. The van der Waals surface area contributed by atoms with Gasteiger partial charge in [0.15, 0.2) is 5.58 Å². The van der Waals surface area contributed by atoms with Gasteiger partial charge in [-0.3, -0.25) is 0 Å². The van der Waals surface area contributed by atoms with Crippen molar-refractivity contribution in [2.45, 2.75) is 24.8 Å². The van der Waals surface area contributed by atoms with Crippen LogP contribution in [0.25, 0.3) is 22.7 Å². The average Bonchev–Trinajstić information content (AvgIpc) is 3.03. The summed E-state index contributed by atoms with van der Waals surface area (Å²) in [4.78, 5) is 11.7. The molecule has 1 aliphatic carbocycles. The van der Waals surface area contributed by atoms with Crippen molar-refractivity contribution in [1.29, 1.82) is 0 Å². The Balaban J connectivity index is 1.76. The summed E-state index contributed by atoms with van der Waals surface area (Å²) in [5.74, 6) is 0.538. The topological polar surface area (TPSA) is 80.7 Å². The van der Waals surface area contributed by atoms with Gasteiger partial charge < -0.3 is 15.1 Å². The summed E-state index contributed by atoms with van der Waals surface area (Å²) in [7, 11) is 0. The lowest BCUT2D eigenvalue weighted by Gasteiger charge is -2.35. The fourth-order valence-corrected chi connectivity index (χ4v) is 2.67. The Morgan fingerprint density at radius 1 is 1.38 bits per heavy atom. The highest BCUT2D eigenvalue weighted by atomic mass is 35.5.